The van der Waals surface area contributed by atoms with Gasteiger partial charge in [-0.1, -0.05) is 41.4 Å². The fourth-order valence-electron chi connectivity index (χ4n) is 2.21. The smallest absolute Gasteiger partial charge is 0.141 e. The van der Waals surface area contributed by atoms with Gasteiger partial charge in [0.25, 0.3) is 0 Å². The first-order valence-corrected chi connectivity index (χ1v) is 7.20. The quantitative estimate of drug-likeness (QED) is 0.723. The van der Waals surface area contributed by atoms with Crippen molar-refractivity contribution < 1.29 is 0 Å². The minimum atomic E-state index is 0.618. The summed E-state index contributed by atoms with van der Waals surface area (Å²) in [5, 5.41) is 1.25. The van der Waals surface area contributed by atoms with E-state index in [1.165, 1.54) is 0 Å². The van der Waals surface area contributed by atoms with Crippen LogP contribution in [0.3, 0.4) is 0 Å². The fourth-order valence-corrected chi connectivity index (χ4v) is 2.59. The highest BCUT2D eigenvalue weighted by atomic mass is 35.5. The third kappa shape index (κ3) is 2.89. The molecule has 0 atom stereocenters. The summed E-state index contributed by atoms with van der Waals surface area (Å²) in [6.07, 6.45) is 3.64. The minimum absolute atomic E-state index is 0.618. The number of halogens is 2. The van der Waals surface area contributed by atoms with Crippen LogP contribution in [0, 0.1) is 0 Å². The zero-order valence-electron chi connectivity index (χ0n) is 11.1. The van der Waals surface area contributed by atoms with E-state index in [1.807, 2.05) is 41.1 Å². The first kappa shape index (κ1) is 14.0. The van der Waals surface area contributed by atoms with Gasteiger partial charge < -0.3 is 10.3 Å². The predicted octanol–water partition coefficient (Wildman–Crippen LogP) is 4.49. The van der Waals surface area contributed by atoms with Crippen molar-refractivity contribution in [1.82, 2.24) is 9.55 Å². The van der Waals surface area contributed by atoms with E-state index in [1.54, 1.807) is 18.3 Å². The van der Waals surface area contributed by atoms with E-state index in [4.69, 9.17) is 28.9 Å². The molecule has 3 aromatic rings. The molecule has 0 aliphatic heterocycles. The van der Waals surface area contributed by atoms with Crippen LogP contribution in [-0.2, 0) is 6.54 Å². The Morgan fingerprint density at radius 1 is 1.10 bits per heavy atom. The van der Waals surface area contributed by atoms with Crippen molar-refractivity contribution in [3.63, 3.8) is 0 Å². The zero-order valence-corrected chi connectivity index (χ0v) is 12.6. The Hall–Kier alpha value is -1.97. The second kappa shape index (κ2) is 5.80. The molecule has 0 aliphatic carbocycles. The zero-order chi connectivity index (χ0) is 14.8. The van der Waals surface area contributed by atoms with E-state index < -0.39 is 0 Å². The number of rotatable bonds is 3. The number of anilines is 1. The molecule has 2 aromatic carbocycles. The summed E-state index contributed by atoms with van der Waals surface area (Å²) in [4.78, 5) is 4.39. The van der Waals surface area contributed by atoms with Crippen LogP contribution in [0.2, 0.25) is 10.0 Å². The number of hydrogen-bond acceptors (Lipinski definition) is 2. The fraction of sp³-hybridized carbons (Fsp3) is 0.0625. The number of aromatic nitrogens is 2. The molecular weight excluding hydrogens is 305 g/mol. The highest BCUT2D eigenvalue weighted by Gasteiger charge is 2.11. The summed E-state index contributed by atoms with van der Waals surface area (Å²) in [5.41, 5.74) is 8.60. The predicted molar refractivity (Wildman–Crippen MR) is 87.6 cm³/mol. The topological polar surface area (TPSA) is 43.8 Å². The van der Waals surface area contributed by atoms with Gasteiger partial charge in [-0.15, -0.1) is 0 Å². The lowest BCUT2D eigenvalue weighted by Gasteiger charge is -2.11. The van der Waals surface area contributed by atoms with Crippen LogP contribution in [0.4, 0.5) is 5.69 Å². The molecule has 5 heteroatoms. The highest BCUT2D eigenvalue weighted by molar-refractivity contribution is 6.35. The van der Waals surface area contributed by atoms with Crippen LogP contribution in [0.15, 0.2) is 54.9 Å². The van der Waals surface area contributed by atoms with Crippen molar-refractivity contribution in [3.05, 3.63) is 70.5 Å². The molecule has 1 heterocycles. The molecule has 106 valence electrons. The van der Waals surface area contributed by atoms with Crippen LogP contribution >= 0.6 is 23.2 Å². The second-order valence-electron chi connectivity index (χ2n) is 4.70. The molecule has 3 nitrogen and oxygen atoms in total. The van der Waals surface area contributed by atoms with E-state index in [-0.39, 0.29) is 0 Å². The molecule has 0 aliphatic rings. The van der Waals surface area contributed by atoms with Gasteiger partial charge in [-0.3, -0.25) is 0 Å². The maximum absolute atomic E-state index is 6.26. The largest absolute Gasteiger partial charge is 0.398 e. The summed E-state index contributed by atoms with van der Waals surface area (Å²) in [7, 11) is 0. The van der Waals surface area contributed by atoms with Gasteiger partial charge in [0.05, 0.1) is 11.6 Å². The van der Waals surface area contributed by atoms with Gasteiger partial charge in [-0.05, 0) is 29.8 Å². The SMILES string of the molecule is Nc1ccccc1Cn1ccnc1-c1cc(Cl)ccc1Cl. The summed E-state index contributed by atoms with van der Waals surface area (Å²) >= 11 is 12.3. The molecule has 0 amide bonds. The molecule has 0 bridgehead atoms. The Morgan fingerprint density at radius 2 is 1.90 bits per heavy atom. The second-order valence-corrected chi connectivity index (χ2v) is 5.55. The Bertz CT molecular complexity index is 781. The monoisotopic (exact) mass is 317 g/mol. The molecular formula is C16H13Cl2N3. The van der Waals surface area contributed by atoms with Crippen LogP contribution in [0.5, 0.6) is 0 Å². The van der Waals surface area contributed by atoms with Crippen molar-refractivity contribution in [2.75, 3.05) is 5.73 Å². The standard InChI is InChI=1S/C16H13Cl2N3/c17-12-5-6-14(18)13(9-12)16-20-7-8-21(16)10-11-3-1-2-4-15(11)19/h1-9H,10,19H2. The number of nitrogen functional groups attached to an aromatic ring is 1. The van der Waals surface area contributed by atoms with Crippen LogP contribution in [-0.4, -0.2) is 9.55 Å². The summed E-state index contributed by atoms with van der Waals surface area (Å²) in [6, 6.07) is 13.1. The van der Waals surface area contributed by atoms with Crippen molar-refractivity contribution in [2.45, 2.75) is 6.54 Å². The molecule has 3 rings (SSSR count). The summed E-state index contributed by atoms with van der Waals surface area (Å²) in [5.74, 6) is 0.769. The number of para-hydroxylation sites is 1. The van der Waals surface area contributed by atoms with Gasteiger partial charge in [0.2, 0.25) is 0 Å². The molecule has 0 unspecified atom stereocenters. The Balaban J connectivity index is 2.02. The lowest BCUT2D eigenvalue weighted by atomic mass is 10.1. The van der Waals surface area contributed by atoms with Gasteiger partial charge >= 0.3 is 0 Å². The van der Waals surface area contributed by atoms with E-state index >= 15 is 0 Å². The highest BCUT2D eigenvalue weighted by Crippen LogP contribution is 2.30. The molecule has 0 radical (unpaired) electrons. The molecule has 1 aromatic heterocycles. The number of nitrogens with zero attached hydrogens (tertiary/aromatic N) is 2. The maximum atomic E-state index is 6.26. The Labute approximate surface area is 132 Å². The number of nitrogens with two attached hydrogens (primary N) is 1. The number of benzene rings is 2. The average Bonchev–Trinajstić information content (AvgIpc) is 2.92. The number of hydrogen-bond donors (Lipinski definition) is 1. The third-order valence-electron chi connectivity index (χ3n) is 3.28. The lowest BCUT2D eigenvalue weighted by molar-refractivity contribution is 0.809. The molecule has 0 spiro atoms. The van der Waals surface area contributed by atoms with Crippen LogP contribution in [0.25, 0.3) is 11.4 Å². The summed E-state index contributed by atoms with van der Waals surface area (Å²) in [6.45, 7) is 0.630. The van der Waals surface area contributed by atoms with Gasteiger partial charge in [0.1, 0.15) is 5.82 Å². The molecule has 21 heavy (non-hydrogen) atoms. The van der Waals surface area contributed by atoms with Crippen LogP contribution < -0.4 is 5.73 Å². The summed E-state index contributed by atoms with van der Waals surface area (Å²) < 4.78 is 2.00. The maximum Gasteiger partial charge on any atom is 0.141 e. The molecule has 0 fully saturated rings. The van der Waals surface area contributed by atoms with E-state index in [9.17, 15) is 0 Å². The van der Waals surface area contributed by atoms with E-state index in [2.05, 4.69) is 4.98 Å². The van der Waals surface area contributed by atoms with E-state index in [0.29, 0.717) is 16.6 Å². The van der Waals surface area contributed by atoms with Crippen molar-refractivity contribution in [1.29, 1.82) is 0 Å². The minimum Gasteiger partial charge on any atom is -0.398 e. The normalized spacial score (nSPS) is 10.8. The molecule has 0 saturated heterocycles. The van der Waals surface area contributed by atoms with E-state index in [0.717, 1.165) is 22.6 Å². The molecule has 2 N–H and O–H groups in total. The van der Waals surface area contributed by atoms with Gasteiger partial charge in [-0.2, -0.15) is 0 Å². The molecule has 0 saturated carbocycles. The lowest BCUT2D eigenvalue weighted by Crippen LogP contribution is -2.04. The third-order valence-corrected chi connectivity index (χ3v) is 3.85. The Kier molecular flexibility index (Phi) is 3.86. The van der Waals surface area contributed by atoms with Gasteiger partial charge in [0, 0.05) is 28.7 Å². The Morgan fingerprint density at radius 3 is 2.71 bits per heavy atom. The van der Waals surface area contributed by atoms with Gasteiger partial charge in [-0.25, -0.2) is 4.98 Å². The first-order chi connectivity index (χ1) is 10.1. The van der Waals surface area contributed by atoms with Gasteiger partial charge in [0.15, 0.2) is 0 Å². The van der Waals surface area contributed by atoms with Crippen molar-refractivity contribution in [2.24, 2.45) is 0 Å². The number of imidazole rings is 1. The van der Waals surface area contributed by atoms with Crippen molar-refractivity contribution in [3.8, 4) is 11.4 Å². The first-order valence-electron chi connectivity index (χ1n) is 6.45. The van der Waals surface area contributed by atoms with Crippen LogP contribution in [0.1, 0.15) is 5.56 Å². The van der Waals surface area contributed by atoms with Crippen molar-refractivity contribution >= 4 is 28.9 Å². The average molecular weight is 318 g/mol.